The molecular formula is C20H16BrClN2O3S. The first-order valence-electron chi connectivity index (χ1n) is 8.20. The molecule has 0 radical (unpaired) electrons. The number of amides is 1. The smallest absolute Gasteiger partial charge is 0.264 e. The maximum atomic E-state index is 12.9. The van der Waals surface area contributed by atoms with Gasteiger partial charge in [-0.2, -0.15) is 0 Å². The van der Waals surface area contributed by atoms with E-state index in [9.17, 15) is 13.2 Å². The second-order valence-electron chi connectivity index (χ2n) is 5.89. The van der Waals surface area contributed by atoms with Gasteiger partial charge in [-0.3, -0.25) is 9.10 Å². The largest absolute Gasteiger partial charge is 0.322 e. The Labute approximate surface area is 177 Å². The maximum absolute atomic E-state index is 12.9. The molecule has 0 atom stereocenters. The molecule has 0 aliphatic heterocycles. The molecule has 0 aliphatic rings. The van der Waals surface area contributed by atoms with Crippen LogP contribution in [0.25, 0.3) is 0 Å². The molecular weight excluding hydrogens is 464 g/mol. The Morgan fingerprint density at radius 3 is 2.32 bits per heavy atom. The van der Waals surface area contributed by atoms with Gasteiger partial charge in [0.1, 0.15) is 0 Å². The highest BCUT2D eigenvalue weighted by Gasteiger charge is 2.24. The van der Waals surface area contributed by atoms with Crippen molar-refractivity contribution in [2.24, 2.45) is 0 Å². The van der Waals surface area contributed by atoms with Crippen LogP contribution in [0.4, 0.5) is 11.4 Å². The van der Waals surface area contributed by atoms with Gasteiger partial charge in [-0.1, -0.05) is 41.9 Å². The number of nitrogens with one attached hydrogen (secondary N) is 1. The summed E-state index contributed by atoms with van der Waals surface area (Å²) < 4.78 is 27.7. The number of halogens is 2. The number of hydrogen-bond donors (Lipinski definition) is 1. The van der Waals surface area contributed by atoms with Gasteiger partial charge in [-0.15, -0.1) is 0 Å². The van der Waals surface area contributed by atoms with Gasteiger partial charge in [0, 0.05) is 17.2 Å². The lowest BCUT2D eigenvalue weighted by Crippen LogP contribution is -2.29. The van der Waals surface area contributed by atoms with Gasteiger partial charge in [-0.25, -0.2) is 8.42 Å². The molecule has 0 aromatic heterocycles. The van der Waals surface area contributed by atoms with Crippen LogP contribution < -0.4 is 9.62 Å². The third-order valence-electron chi connectivity index (χ3n) is 4.07. The number of nitrogens with zero attached hydrogens (tertiary/aromatic N) is 1. The molecule has 144 valence electrons. The van der Waals surface area contributed by atoms with E-state index < -0.39 is 15.9 Å². The van der Waals surface area contributed by atoms with Gasteiger partial charge in [-0.05, 0) is 58.4 Å². The van der Waals surface area contributed by atoms with Crippen molar-refractivity contribution in [3.05, 3.63) is 87.9 Å². The van der Waals surface area contributed by atoms with Crippen LogP contribution in [0.5, 0.6) is 0 Å². The molecule has 1 amide bonds. The first kappa shape index (κ1) is 20.4. The van der Waals surface area contributed by atoms with Gasteiger partial charge in [0.25, 0.3) is 15.9 Å². The van der Waals surface area contributed by atoms with Crippen molar-refractivity contribution in [3.8, 4) is 0 Å². The van der Waals surface area contributed by atoms with E-state index in [4.69, 9.17) is 11.6 Å². The summed E-state index contributed by atoms with van der Waals surface area (Å²) >= 11 is 9.36. The van der Waals surface area contributed by atoms with E-state index in [1.807, 2.05) is 0 Å². The van der Waals surface area contributed by atoms with Gasteiger partial charge in [0.2, 0.25) is 0 Å². The molecule has 8 heteroatoms. The number of para-hydroxylation sites is 1. The minimum atomic E-state index is -3.81. The van der Waals surface area contributed by atoms with Crippen molar-refractivity contribution < 1.29 is 13.2 Å². The standard InChI is InChI=1S/C20H16BrClN2O3S/c1-24(28(26,27)15-7-3-2-4-8-15)19-10-6-5-9-16(19)20(25)23-14-11-12-17(21)18(22)13-14/h2-13H,1H3,(H,23,25). The molecule has 0 saturated carbocycles. The fourth-order valence-corrected chi connectivity index (χ4v) is 4.26. The van der Waals surface area contributed by atoms with Crippen LogP contribution in [-0.2, 0) is 10.0 Å². The molecule has 0 saturated heterocycles. The van der Waals surface area contributed by atoms with Crippen molar-refractivity contribution in [2.75, 3.05) is 16.7 Å². The molecule has 0 spiro atoms. The molecule has 3 aromatic carbocycles. The molecule has 0 heterocycles. The Morgan fingerprint density at radius 2 is 1.64 bits per heavy atom. The highest BCUT2D eigenvalue weighted by Crippen LogP contribution is 2.28. The Hall–Kier alpha value is -2.35. The number of sulfonamides is 1. The van der Waals surface area contributed by atoms with Gasteiger partial charge in [0.15, 0.2) is 0 Å². The predicted octanol–water partition coefficient (Wildman–Crippen LogP) is 5.18. The number of hydrogen-bond acceptors (Lipinski definition) is 3. The second kappa shape index (κ2) is 8.34. The van der Waals surface area contributed by atoms with Crippen molar-refractivity contribution in [3.63, 3.8) is 0 Å². The molecule has 3 rings (SSSR count). The molecule has 28 heavy (non-hydrogen) atoms. The fraction of sp³-hybridized carbons (Fsp3) is 0.0500. The topological polar surface area (TPSA) is 66.5 Å². The Kier molecular flexibility index (Phi) is 6.07. The number of carbonyl (C=O) groups excluding carboxylic acids is 1. The average Bonchev–Trinajstić information content (AvgIpc) is 2.70. The monoisotopic (exact) mass is 478 g/mol. The lowest BCUT2D eigenvalue weighted by molar-refractivity contribution is 0.102. The van der Waals surface area contributed by atoms with Gasteiger partial charge < -0.3 is 5.32 Å². The fourth-order valence-electron chi connectivity index (χ4n) is 2.59. The minimum absolute atomic E-state index is 0.146. The summed E-state index contributed by atoms with van der Waals surface area (Å²) in [4.78, 5) is 13.0. The molecule has 3 aromatic rings. The summed E-state index contributed by atoms with van der Waals surface area (Å²) in [5, 5.41) is 3.20. The first-order valence-corrected chi connectivity index (χ1v) is 10.8. The SMILES string of the molecule is CN(c1ccccc1C(=O)Nc1ccc(Br)c(Cl)c1)S(=O)(=O)c1ccccc1. The number of benzene rings is 3. The van der Waals surface area contributed by atoms with Crippen LogP contribution in [-0.4, -0.2) is 21.4 Å². The highest BCUT2D eigenvalue weighted by molar-refractivity contribution is 9.10. The Morgan fingerprint density at radius 1 is 1.00 bits per heavy atom. The molecule has 1 N–H and O–H groups in total. The van der Waals surface area contributed by atoms with E-state index in [1.54, 1.807) is 60.7 Å². The summed E-state index contributed by atoms with van der Waals surface area (Å²) in [7, 11) is -2.39. The Bertz CT molecular complexity index is 1120. The van der Waals surface area contributed by atoms with Crippen LogP contribution in [0.15, 0.2) is 82.2 Å². The van der Waals surface area contributed by atoms with E-state index >= 15 is 0 Å². The van der Waals surface area contributed by atoms with Crippen molar-refractivity contribution in [1.29, 1.82) is 0 Å². The number of anilines is 2. The van der Waals surface area contributed by atoms with Crippen LogP contribution in [0.3, 0.4) is 0 Å². The van der Waals surface area contributed by atoms with Crippen LogP contribution in [0.1, 0.15) is 10.4 Å². The summed E-state index contributed by atoms with van der Waals surface area (Å²) in [6.45, 7) is 0. The number of rotatable bonds is 5. The molecule has 0 bridgehead atoms. The normalized spacial score (nSPS) is 11.1. The van der Waals surface area contributed by atoms with E-state index in [2.05, 4.69) is 21.2 Å². The molecule has 0 fully saturated rings. The average molecular weight is 480 g/mol. The van der Waals surface area contributed by atoms with E-state index in [0.29, 0.717) is 15.2 Å². The quantitative estimate of drug-likeness (QED) is 0.548. The first-order chi connectivity index (χ1) is 13.3. The minimum Gasteiger partial charge on any atom is -0.322 e. The van der Waals surface area contributed by atoms with Crippen molar-refractivity contribution in [1.82, 2.24) is 0 Å². The summed E-state index contributed by atoms with van der Waals surface area (Å²) in [6, 6.07) is 19.6. The van der Waals surface area contributed by atoms with E-state index in [1.165, 1.54) is 19.2 Å². The predicted molar refractivity (Wildman–Crippen MR) is 116 cm³/mol. The lowest BCUT2D eigenvalue weighted by atomic mass is 10.1. The summed E-state index contributed by atoms with van der Waals surface area (Å²) in [6.07, 6.45) is 0. The zero-order valence-electron chi connectivity index (χ0n) is 14.8. The summed E-state index contributed by atoms with van der Waals surface area (Å²) in [5.41, 5.74) is 0.997. The van der Waals surface area contributed by atoms with E-state index in [0.717, 1.165) is 4.31 Å². The highest BCUT2D eigenvalue weighted by atomic mass is 79.9. The Balaban J connectivity index is 1.94. The lowest BCUT2D eigenvalue weighted by Gasteiger charge is -2.22. The van der Waals surface area contributed by atoms with E-state index in [-0.39, 0.29) is 16.1 Å². The third kappa shape index (κ3) is 4.22. The molecule has 0 aliphatic carbocycles. The molecule has 5 nitrogen and oxygen atoms in total. The third-order valence-corrected chi connectivity index (χ3v) is 7.09. The van der Waals surface area contributed by atoms with Gasteiger partial charge in [0.05, 0.1) is 21.2 Å². The zero-order valence-corrected chi connectivity index (χ0v) is 17.9. The zero-order chi connectivity index (χ0) is 20.3. The number of carbonyl (C=O) groups is 1. The van der Waals surface area contributed by atoms with Gasteiger partial charge >= 0.3 is 0 Å². The van der Waals surface area contributed by atoms with Crippen LogP contribution >= 0.6 is 27.5 Å². The molecule has 0 unspecified atom stereocenters. The maximum Gasteiger partial charge on any atom is 0.264 e. The van der Waals surface area contributed by atoms with Crippen LogP contribution in [0, 0.1) is 0 Å². The second-order valence-corrected chi connectivity index (χ2v) is 9.12. The summed E-state index contributed by atoms with van der Waals surface area (Å²) in [5.74, 6) is -0.441. The van der Waals surface area contributed by atoms with Crippen molar-refractivity contribution >= 4 is 54.8 Å². The van der Waals surface area contributed by atoms with Crippen LogP contribution in [0.2, 0.25) is 5.02 Å². The van der Waals surface area contributed by atoms with Crippen molar-refractivity contribution in [2.45, 2.75) is 4.90 Å².